The lowest BCUT2D eigenvalue weighted by atomic mass is 9.97. The zero-order valence-corrected chi connectivity index (χ0v) is 39.5. The summed E-state index contributed by atoms with van der Waals surface area (Å²) in [5.74, 6) is -0.222. The Labute approximate surface area is 385 Å². The lowest BCUT2D eigenvalue weighted by Crippen LogP contribution is -2.65. The number of hydrogen-bond acceptors (Lipinski definition) is 13. The average Bonchev–Trinajstić information content (AvgIpc) is 3.29. The molecular formula is C50H91NO13. The van der Waals surface area contributed by atoms with Crippen LogP contribution in [0.4, 0.5) is 0 Å². The van der Waals surface area contributed by atoms with Crippen LogP contribution in [0.15, 0.2) is 36.5 Å². The van der Waals surface area contributed by atoms with Gasteiger partial charge in [0.05, 0.1) is 32.0 Å². The summed E-state index contributed by atoms with van der Waals surface area (Å²) in [5.41, 5.74) is 0. The van der Waals surface area contributed by atoms with Crippen molar-refractivity contribution in [3.63, 3.8) is 0 Å². The number of nitrogens with one attached hydrogen (secondary N) is 1. The molecule has 14 nitrogen and oxygen atoms in total. The first-order valence-electron chi connectivity index (χ1n) is 25.2. The van der Waals surface area contributed by atoms with E-state index in [1.54, 1.807) is 0 Å². The minimum atomic E-state index is -1.78. The molecule has 2 rings (SSSR count). The van der Waals surface area contributed by atoms with Crippen molar-refractivity contribution in [3.05, 3.63) is 36.5 Å². The van der Waals surface area contributed by atoms with Gasteiger partial charge in [-0.2, -0.15) is 0 Å². The normalized spacial score (nSPS) is 27.5. The maximum atomic E-state index is 13.2. The summed E-state index contributed by atoms with van der Waals surface area (Å²) in [6, 6.07) is -0.833. The zero-order valence-electron chi connectivity index (χ0n) is 39.5. The molecular weight excluding hydrogens is 823 g/mol. The number of unbranched alkanes of at least 4 members (excludes halogenated alkanes) is 19. The van der Waals surface area contributed by atoms with E-state index in [0.29, 0.717) is 12.8 Å². The van der Waals surface area contributed by atoms with Crippen LogP contribution in [0.2, 0.25) is 0 Å². The average molecular weight is 914 g/mol. The molecule has 2 fully saturated rings. The second kappa shape index (κ2) is 37.2. The highest BCUT2D eigenvalue weighted by molar-refractivity contribution is 5.76. The highest BCUT2D eigenvalue weighted by atomic mass is 16.7. The molecule has 0 aromatic heterocycles. The van der Waals surface area contributed by atoms with Gasteiger partial charge in [-0.15, -0.1) is 0 Å². The fourth-order valence-corrected chi connectivity index (χ4v) is 8.18. The van der Waals surface area contributed by atoms with E-state index in [1.807, 2.05) is 0 Å². The minimum Gasteiger partial charge on any atom is -0.394 e. The van der Waals surface area contributed by atoms with Gasteiger partial charge in [-0.25, -0.2) is 0 Å². The standard InChI is InChI=1S/C50H91NO13/c1-3-5-7-9-11-13-15-16-17-18-19-20-21-22-24-26-28-30-32-34-42(55)51-38(39(54)33-31-29-27-25-23-14-12-10-8-6-4-2)37-61-49-47(60)45(58)48(41(36-53)63-49)64-50-46(59)44(57)43(56)40(35-52)62-50/h11,13,16-17,19-20,38-41,43-50,52-54,56-60H,3-10,12,14-15,18,21-37H2,1-2H3,(H,51,55)/b13-11-,17-16-,20-19-. The van der Waals surface area contributed by atoms with Crippen molar-refractivity contribution in [2.45, 2.75) is 254 Å². The molecule has 64 heavy (non-hydrogen) atoms. The van der Waals surface area contributed by atoms with Crippen molar-refractivity contribution >= 4 is 5.91 Å². The van der Waals surface area contributed by atoms with E-state index in [2.05, 4.69) is 55.6 Å². The summed E-state index contributed by atoms with van der Waals surface area (Å²) in [5, 5.41) is 86.8. The molecule has 0 spiro atoms. The predicted molar refractivity (Wildman–Crippen MR) is 249 cm³/mol. The van der Waals surface area contributed by atoms with Gasteiger partial charge < -0.3 is 65.1 Å². The first kappa shape index (κ1) is 58.3. The van der Waals surface area contributed by atoms with Crippen LogP contribution >= 0.6 is 0 Å². The number of ether oxygens (including phenoxy) is 4. The Balaban J connectivity index is 1.82. The molecule has 0 bridgehead atoms. The summed E-state index contributed by atoms with van der Waals surface area (Å²) in [6.45, 7) is 2.79. The third-order valence-electron chi connectivity index (χ3n) is 12.4. The molecule has 2 saturated heterocycles. The Bertz CT molecular complexity index is 1220. The van der Waals surface area contributed by atoms with E-state index < -0.39 is 86.8 Å². The van der Waals surface area contributed by atoms with Crippen LogP contribution < -0.4 is 5.32 Å². The SMILES string of the molecule is CCCCC/C=C\C/C=C\C/C=C\CCCCCCCCC(=O)NC(COC1OC(CO)C(OC2OC(CO)C(O)C(O)C2O)C(O)C1O)C(O)CCCCCCCCCCCCC. The number of allylic oxidation sites excluding steroid dienone is 6. The Hall–Kier alpha value is -1.79. The zero-order chi connectivity index (χ0) is 46.8. The molecule has 0 radical (unpaired) electrons. The van der Waals surface area contributed by atoms with Crippen LogP contribution in [0, 0.1) is 0 Å². The molecule has 12 atom stereocenters. The summed E-state index contributed by atoms with van der Waals surface area (Å²) in [4.78, 5) is 13.2. The first-order valence-corrected chi connectivity index (χ1v) is 25.2. The van der Waals surface area contributed by atoms with Gasteiger partial charge in [-0.05, 0) is 51.4 Å². The summed E-state index contributed by atoms with van der Waals surface area (Å²) >= 11 is 0. The predicted octanol–water partition coefficient (Wildman–Crippen LogP) is 6.32. The molecule has 2 heterocycles. The van der Waals surface area contributed by atoms with Gasteiger partial charge in [-0.3, -0.25) is 4.79 Å². The van der Waals surface area contributed by atoms with E-state index in [0.717, 1.165) is 77.0 Å². The molecule has 0 aromatic rings. The minimum absolute atomic E-state index is 0.222. The molecule has 2 aliphatic heterocycles. The first-order chi connectivity index (χ1) is 31.1. The number of carbonyl (C=O) groups excluding carboxylic acids is 1. The molecule has 0 saturated carbocycles. The Morgan fingerprint density at radius 2 is 1.03 bits per heavy atom. The van der Waals surface area contributed by atoms with E-state index in [1.165, 1.54) is 70.6 Å². The Kier molecular flexibility index (Phi) is 33.9. The van der Waals surface area contributed by atoms with Crippen molar-refractivity contribution in [3.8, 4) is 0 Å². The smallest absolute Gasteiger partial charge is 0.220 e. The molecule has 0 aliphatic carbocycles. The van der Waals surface area contributed by atoms with Gasteiger partial charge in [-0.1, -0.05) is 159 Å². The van der Waals surface area contributed by atoms with Gasteiger partial charge in [0.1, 0.15) is 48.8 Å². The quantitative estimate of drug-likeness (QED) is 0.0244. The summed E-state index contributed by atoms with van der Waals surface area (Å²) in [6.07, 6.45) is 24.3. The highest BCUT2D eigenvalue weighted by Crippen LogP contribution is 2.30. The number of aliphatic hydroxyl groups is 8. The molecule has 9 N–H and O–H groups in total. The van der Waals surface area contributed by atoms with Gasteiger partial charge in [0.15, 0.2) is 12.6 Å². The number of carbonyl (C=O) groups is 1. The number of hydrogen-bond donors (Lipinski definition) is 9. The second-order valence-corrected chi connectivity index (χ2v) is 17.9. The fraction of sp³-hybridized carbons (Fsp3) is 0.860. The van der Waals surface area contributed by atoms with Crippen LogP contribution in [0.5, 0.6) is 0 Å². The second-order valence-electron chi connectivity index (χ2n) is 17.9. The van der Waals surface area contributed by atoms with Crippen LogP contribution in [-0.4, -0.2) is 140 Å². The van der Waals surface area contributed by atoms with Crippen LogP contribution in [0.3, 0.4) is 0 Å². The van der Waals surface area contributed by atoms with Gasteiger partial charge in [0.2, 0.25) is 5.91 Å². The monoisotopic (exact) mass is 914 g/mol. The van der Waals surface area contributed by atoms with Gasteiger partial charge >= 0.3 is 0 Å². The van der Waals surface area contributed by atoms with Crippen molar-refractivity contribution < 1.29 is 64.6 Å². The fourth-order valence-electron chi connectivity index (χ4n) is 8.18. The molecule has 14 heteroatoms. The third kappa shape index (κ3) is 24.3. The Morgan fingerprint density at radius 3 is 1.61 bits per heavy atom. The van der Waals surface area contributed by atoms with E-state index in [4.69, 9.17) is 18.9 Å². The largest absolute Gasteiger partial charge is 0.394 e. The van der Waals surface area contributed by atoms with E-state index >= 15 is 0 Å². The number of amides is 1. The number of aliphatic hydroxyl groups excluding tert-OH is 8. The van der Waals surface area contributed by atoms with Crippen molar-refractivity contribution in [1.82, 2.24) is 5.32 Å². The lowest BCUT2D eigenvalue weighted by molar-refractivity contribution is -0.359. The van der Waals surface area contributed by atoms with Crippen LogP contribution in [-0.2, 0) is 23.7 Å². The lowest BCUT2D eigenvalue weighted by Gasteiger charge is -2.46. The molecule has 374 valence electrons. The third-order valence-corrected chi connectivity index (χ3v) is 12.4. The molecule has 0 aromatic carbocycles. The van der Waals surface area contributed by atoms with Gasteiger partial charge in [0.25, 0.3) is 0 Å². The van der Waals surface area contributed by atoms with Crippen LogP contribution in [0.1, 0.15) is 181 Å². The Morgan fingerprint density at radius 1 is 0.562 bits per heavy atom. The summed E-state index contributed by atoms with van der Waals surface area (Å²) < 4.78 is 22.7. The molecule has 2 aliphatic rings. The van der Waals surface area contributed by atoms with Crippen LogP contribution in [0.25, 0.3) is 0 Å². The van der Waals surface area contributed by atoms with Crippen molar-refractivity contribution in [1.29, 1.82) is 0 Å². The molecule has 1 amide bonds. The molecule has 12 unspecified atom stereocenters. The van der Waals surface area contributed by atoms with E-state index in [9.17, 15) is 45.6 Å². The van der Waals surface area contributed by atoms with Gasteiger partial charge in [0, 0.05) is 6.42 Å². The summed E-state index contributed by atoms with van der Waals surface area (Å²) in [7, 11) is 0. The topological polar surface area (TPSA) is 228 Å². The van der Waals surface area contributed by atoms with E-state index in [-0.39, 0.29) is 18.9 Å². The maximum Gasteiger partial charge on any atom is 0.220 e. The maximum absolute atomic E-state index is 13.2. The van der Waals surface area contributed by atoms with Crippen molar-refractivity contribution in [2.75, 3.05) is 19.8 Å². The van der Waals surface area contributed by atoms with Crippen molar-refractivity contribution in [2.24, 2.45) is 0 Å². The highest BCUT2D eigenvalue weighted by Gasteiger charge is 2.51. The number of rotatable bonds is 38.